The molecule has 1 aromatic heterocycles. The van der Waals surface area contributed by atoms with Crippen LogP contribution in [-0.4, -0.2) is 72.1 Å². The molecule has 10 nitrogen and oxygen atoms in total. The number of benzene rings is 1. The third-order valence-corrected chi connectivity index (χ3v) is 8.04. The average Bonchev–Trinajstić information content (AvgIpc) is 3.31. The van der Waals surface area contributed by atoms with Gasteiger partial charge in [0.15, 0.2) is 5.75 Å². The zero-order chi connectivity index (χ0) is 27.7. The molecule has 208 valence electrons. The lowest BCUT2D eigenvalue weighted by Gasteiger charge is -2.36. The van der Waals surface area contributed by atoms with Crippen LogP contribution >= 0.6 is 0 Å². The molecule has 1 saturated heterocycles. The molecule has 1 saturated carbocycles. The van der Waals surface area contributed by atoms with E-state index in [0.717, 1.165) is 42.5 Å². The van der Waals surface area contributed by atoms with Crippen LogP contribution in [0.25, 0.3) is 5.69 Å². The Morgan fingerprint density at radius 1 is 1.05 bits per heavy atom. The highest BCUT2D eigenvalue weighted by Crippen LogP contribution is 2.30. The number of halogens is 2. The van der Waals surface area contributed by atoms with E-state index < -0.39 is 44.5 Å². The monoisotopic (exact) mass is 554 g/mol. The summed E-state index contributed by atoms with van der Waals surface area (Å²) in [4.78, 5) is 27.3. The van der Waals surface area contributed by atoms with Crippen LogP contribution in [0.2, 0.25) is 0 Å². The maximum absolute atomic E-state index is 13.8. The Balaban J connectivity index is 1.56. The lowest BCUT2D eigenvalue weighted by molar-refractivity contribution is -0.151. The van der Waals surface area contributed by atoms with E-state index in [0.29, 0.717) is 11.8 Å². The fourth-order valence-corrected chi connectivity index (χ4v) is 5.86. The van der Waals surface area contributed by atoms with Crippen molar-refractivity contribution in [2.45, 2.75) is 58.2 Å². The zero-order valence-electron chi connectivity index (χ0n) is 21.7. The Labute approximate surface area is 220 Å². The maximum Gasteiger partial charge on any atom is 0.323 e. The molecule has 13 heteroatoms. The van der Waals surface area contributed by atoms with E-state index in [-0.39, 0.29) is 43.7 Å². The normalized spacial score (nSPS) is 17.6. The summed E-state index contributed by atoms with van der Waals surface area (Å²) in [6, 6.07) is 2.71. The summed E-state index contributed by atoms with van der Waals surface area (Å²) in [7, 11) is -3.90. The molecule has 2 aliphatic rings. The topological polar surface area (TPSA) is 111 Å². The fourth-order valence-electron chi connectivity index (χ4n) is 4.60. The number of esters is 1. The van der Waals surface area contributed by atoms with Crippen molar-refractivity contribution < 1.29 is 31.5 Å². The summed E-state index contributed by atoms with van der Waals surface area (Å²) >= 11 is 0. The molecule has 2 heterocycles. The Hall–Kier alpha value is -3.06. The maximum atomic E-state index is 13.8. The molecule has 0 N–H and O–H groups in total. The first-order chi connectivity index (χ1) is 17.8. The number of anilines is 1. The van der Waals surface area contributed by atoms with E-state index in [9.17, 15) is 26.8 Å². The number of piperazine rings is 1. The van der Waals surface area contributed by atoms with Crippen molar-refractivity contribution in [3.63, 3.8) is 0 Å². The predicted molar refractivity (Wildman–Crippen MR) is 136 cm³/mol. The molecule has 38 heavy (non-hydrogen) atoms. The number of hydrogen-bond acceptors (Lipinski definition) is 8. The molecule has 0 radical (unpaired) electrons. The van der Waals surface area contributed by atoms with Gasteiger partial charge in [-0.3, -0.25) is 9.59 Å². The van der Waals surface area contributed by atoms with Crippen molar-refractivity contribution in [3.05, 3.63) is 46.4 Å². The second-order valence-corrected chi connectivity index (χ2v) is 12.4. The van der Waals surface area contributed by atoms with Gasteiger partial charge < -0.3 is 14.4 Å². The third-order valence-electron chi connectivity index (χ3n) is 6.29. The van der Waals surface area contributed by atoms with Gasteiger partial charge in [0.25, 0.3) is 0 Å². The van der Waals surface area contributed by atoms with Crippen molar-refractivity contribution in [2.75, 3.05) is 36.8 Å². The molecule has 2 aromatic rings. The summed E-state index contributed by atoms with van der Waals surface area (Å²) in [6.07, 6.45) is 4.67. The second kappa shape index (κ2) is 11.0. The third kappa shape index (κ3) is 6.68. The van der Waals surface area contributed by atoms with Gasteiger partial charge in [0, 0.05) is 32.2 Å². The molecule has 0 bridgehead atoms. The quantitative estimate of drug-likeness (QED) is 0.481. The smallest absolute Gasteiger partial charge is 0.323 e. The van der Waals surface area contributed by atoms with Crippen molar-refractivity contribution in [3.8, 4) is 11.4 Å². The SMILES string of the molecule is CC(C)(C)OC(=O)CS(=O)(=O)N1CCN(c2cnn(-c3cc(F)cc(F)c3)c(=O)c2OC2CCCC2)CC1. The number of carbonyl (C=O) groups is 1. The minimum absolute atomic E-state index is 0.00151. The minimum atomic E-state index is -3.90. The average molecular weight is 555 g/mol. The first-order valence-corrected chi connectivity index (χ1v) is 14.1. The van der Waals surface area contributed by atoms with Gasteiger partial charge in [-0.05, 0) is 58.6 Å². The molecule has 0 atom stereocenters. The minimum Gasteiger partial charge on any atom is -0.483 e. The van der Waals surface area contributed by atoms with Crippen molar-refractivity contribution >= 4 is 21.7 Å². The largest absolute Gasteiger partial charge is 0.483 e. The highest BCUT2D eigenvalue weighted by Gasteiger charge is 2.33. The van der Waals surface area contributed by atoms with E-state index in [4.69, 9.17) is 9.47 Å². The van der Waals surface area contributed by atoms with Crippen LogP contribution < -0.4 is 15.2 Å². The van der Waals surface area contributed by atoms with Gasteiger partial charge >= 0.3 is 11.5 Å². The first-order valence-electron chi connectivity index (χ1n) is 12.5. The molecule has 0 unspecified atom stereocenters. The molecule has 4 rings (SSSR count). The van der Waals surface area contributed by atoms with Crippen LogP contribution in [0.4, 0.5) is 14.5 Å². The number of rotatable bonds is 7. The van der Waals surface area contributed by atoms with Gasteiger partial charge in [-0.2, -0.15) is 14.1 Å². The molecule has 2 fully saturated rings. The summed E-state index contributed by atoms with van der Waals surface area (Å²) in [6.45, 7) is 5.57. The number of aromatic nitrogens is 2. The van der Waals surface area contributed by atoms with Gasteiger partial charge in [-0.1, -0.05) is 0 Å². The van der Waals surface area contributed by atoms with E-state index in [1.165, 1.54) is 10.5 Å². The van der Waals surface area contributed by atoms with Gasteiger partial charge in [0.1, 0.15) is 22.9 Å². The van der Waals surface area contributed by atoms with Gasteiger partial charge in [-0.15, -0.1) is 0 Å². The molecule has 1 aliphatic carbocycles. The Morgan fingerprint density at radius 3 is 2.24 bits per heavy atom. The summed E-state index contributed by atoms with van der Waals surface area (Å²) < 4.78 is 66.6. The number of hydrogen-bond donors (Lipinski definition) is 0. The number of sulfonamides is 1. The van der Waals surface area contributed by atoms with E-state index in [1.807, 2.05) is 0 Å². The van der Waals surface area contributed by atoms with Crippen molar-refractivity contribution in [2.24, 2.45) is 0 Å². The Kier molecular flexibility index (Phi) is 8.07. The Bertz CT molecular complexity index is 1320. The van der Waals surface area contributed by atoms with Crippen molar-refractivity contribution in [1.82, 2.24) is 14.1 Å². The first kappa shape index (κ1) is 28.0. The lowest BCUT2D eigenvalue weighted by atomic mass is 10.2. The predicted octanol–water partition coefficient (Wildman–Crippen LogP) is 2.63. The number of carbonyl (C=O) groups excluding carboxylic acids is 1. The summed E-state index contributed by atoms with van der Waals surface area (Å²) in [5, 5.41) is 4.14. The zero-order valence-corrected chi connectivity index (χ0v) is 22.5. The highest BCUT2D eigenvalue weighted by molar-refractivity contribution is 7.89. The molecule has 1 aromatic carbocycles. The van der Waals surface area contributed by atoms with Gasteiger partial charge in [0.05, 0.1) is 18.0 Å². The van der Waals surface area contributed by atoms with Gasteiger partial charge in [-0.25, -0.2) is 17.2 Å². The van der Waals surface area contributed by atoms with Crippen LogP contribution in [0, 0.1) is 11.6 Å². The van der Waals surface area contributed by atoms with Crippen LogP contribution in [0.3, 0.4) is 0 Å². The highest BCUT2D eigenvalue weighted by atomic mass is 32.2. The number of nitrogens with zero attached hydrogens (tertiary/aromatic N) is 4. The molecule has 1 aliphatic heterocycles. The van der Waals surface area contributed by atoms with Crippen LogP contribution in [0.15, 0.2) is 29.2 Å². The molecular weight excluding hydrogens is 522 g/mol. The summed E-state index contributed by atoms with van der Waals surface area (Å²) in [5.41, 5.74) is -1.17. The van der Waals surface area contributed by atoms with E-state index >= 15 is 0 Å². The molecule has 0 spiro atoms. The van der Waals surface area contributed by atoms with E-state index in [2.05, 4.69) is 5.10 Å². The second-order valence-electron chi connectivity index (χ2n) is 10.5. The van der Waals surface area contributed by atoms with Crippen LogP contribution in [0.5, 0.6) is 5.75 Å². The van der Waals surface area contributed by atoms with Gasteiger partial charge in [0.2, 0.25) is 15.8 Å². The lowest BCUT2D eigenvalue weighted by Crippen LogP contribution is -2.50. The Morgan fingerprint density at radius 2 is 1.66 bits per heavy atom. The number of ether oxygens (including phenoxy) is 2. The molecule has 0 amide bonds. The van der Waals surface area contributed by atoms with Crippen LogP contribution in [0.1, 0.15) is 46.5 Å². The van der Waals surface area contributed by atoms with Crippen molar-refractivity contribution in [1.29, 1.82) is 0 Å². The summed E-state index contributed by atoms with van der Waals surface area (Å²) in [5.74, 6) is -3.28. The van der Waals surface area contributed by atoms with E-state index in [1.54, 1.807) is 25.7 Å². The standard InChI is InChI=1S/C25H32F2N4O6S/c1-25(2,3)37-22(32)16-38(34,35)30-10-8-29(9-11-30)21-15-28-31(19-13-17(26)12-18(27)14-19)24(33)23(21)36-20-6-4-5-7-20/h12-15,20H,4-11,16H2,1-3H3. The molecular formula is C25H32F2N4O6S. The fraction of sp³-hybridized carbons (Fsp3) is 0.560. The van der Waals surface area contributed by atoms with Crippen LogP contribution in [-0.2, 0) is 19.6 Å².